The SMILES string of the molecule is N#Cc1nc(N2CCSCC2C(=O)O)ccc1[N+](=O)[O-]. The molecule has 0 spiro atoms. The van der Waals surface area contributed by atoms with Gasteiger partial charge in [-0.25, -0.2) is 9.78 Å². The van der Waals surface area contributed by atoms with Gasteiger partial charge in [0.25, 0.3) is 0 Å². The predicted octanol–water partition coefficient (Wildman–Crippen LogP) is 0.868. The zero-order valence-corrected chi connectivity index (χ0v) is 11.0. The highest BCUT2D eigenvalue weighted by molar-refractivity contribution is 7.99. The van der Waals surface area contributed by atoms with Gasteiger partial charge in [-0.3, -0.25) is 10.1 Å². The van der Waals surface area contributed by atoms with Crippen LogP contribution in [0.2, 0.25) is 0 Å². The molecule has 1 unspecified atom stereocenters. The van der Waals surface area contributed by atoms with Gasteiger partial charge < -0.3 is 10.0 Å². The van der Waals surface area contributed by atoms with Crippen LogP contribution in [0.15, 0.2) is 12.1 Å². The Bertz CT molecular complexity index is 601. The topological polar surface area (TPSA) is 120 Å². The molecule has 1 atom stereocenters. The van der Waals surface area contributed by atoms with E-state index in [1.165, 1.54) is 23.9 Å². The summed E-state index contributed by atoms with van der Waals surface area (Å²) < 4.78 is 0. The Morgan fingerprint density at radius 3 is 3.00 bits per heavy atom. The minimum Gasteiger partial charge on any atom is -0.480 e. The summed E-state index contributed by atoms with van der Waals surface area (Å²) in [6.07, 6.45) is 0. The van der Waals surface area contributed by atoms with Crippen LogP contribution in [0.3, 0.4) is 0 Å². The first-order chi connectivity index (χ1) is 9.54. The van der Waals surface area contributed by atoms with Crippen molar-refractivity contribution in [3.8, 4) is 6.07 Å². The molecule has 1 aromatic heterocycles. The average Bonchev–Trinajstić information content (AvgIpc) is 2.46. The van der Waals surface area contributed by atoms with Crippen LogP contribution in [0.4, 0.5) is 11.5 Å². The first-order valence-corrected chi connectivity index (χ1v) is 6.82. The number of anilines is 1. The summed E-state index contributed by atoms with van der Waals surface area (Å²) in [4.78, 5) is 26.7. The maximum atomic E-state index is 11.2. The number of aromatic nitrogens is 1. The highest BCUT2D eigenvalue weighted by atomic mass is 32.2. The van der Waals surface area contributed by atoms with Crippen LogP contribution < -0.4 is 4.90 Å². The summed E-state index contributed by atoms with van der Waals surface area (Å²) >= 11 is 1.52. The molecule has 0 amide bonds. The van der Waals surface area contributed by atoms with Crippen molar-refractivity contribution in [2.24, 2.45) is 0 Å². The lowest BCUT2D eigenvalue weighted by Crippen LogP contribution is -2.47. The fraction of sp³-hybridized carbons (Fsp3) is 0.364. The molecule has 0 radical (unpaired) electrons. The standard InChI is InChI=1S/C11H10N4O4S/c12-5-7-8(15(18)19)1-2-10(13-7)14-3-4-20-6-9(14)11(16)17/h1-2,9H,3-4,6H2,(H,16,17). The molecule has 9 heteroatoms. The van der Waals surface area contributed by atoms with E-state index in [-0.39, 0.29) is 17.2 Å². The molecular weight excluding hydrogens is 284 g/mol. The monoisotopic (exact) mass is 294 g/mol. The number of nitriles is 1. The summed E-state index contributed by atoms with van der Waals surface area (Å²) in [7, 11) is 0. The van der Waals surface area contributed by atoms with Crippen LogP contribution in [-0.2, 0) is 4.79 Å². The first-order valence-electron chi connectivity index (χ1n) is 5.67. The third-order valence-electron chi connectivity index (χ3n) is 2.87. The number of hydrogen-bond donors (Lipinski definition) is 1. The first kappa shape index (κ1) is 14.1. The molecule has 0 saturated carbocycles. The van der Waals surface area contributed by atoms with Crippen molar-refractivity contribution in [1.29, 1.82) is 5.26 Å². The van der Waals surface area contributed by atoms with Gasteiger partial charge in [0.05, 0.1) is 4.92 Å². The fourth-order valence-corrected chi connectivity index (χ4v) is 2.95. The highest BCUT2D eigenvalue weighted by Gasteiger charge is 2.30. The molecule has 2 rings (SSSR count). The lowest BCUT2D eigenvalue weighted by atomic mass is 10.2. The van der Waals surface area contributed by atoms with E-state index in [0.717, 1.165) is 5.75 Å². The average molecular weight is 294 g/mol. The molecule has 1 aromatic rings. The second kappa shape index (κ2) is 5.75. The largest absolute Gasteiger partial charge is 0.480 e. The quantitative estimate of drug-likeness (QED) is 0.644. The van der Waals surface area contributed by atoms with Crippen molar-refractivity contribution in [2.45, 2.75) is 6.04 Å². The zero-order valence-electron chi connectivity index (χ0n) is 10.2. The van der Waals surface area contributed by atoms with E-state index in [9.17, 15) is 20.0 Å². The van der Waals surface area contributed by atoms with Gasteiger partial charge in [0, 0.05) is 24.1 Å². The van der Waals surface area contributed by atoms with E-state index in [4.69, 9.17) is 5.26 Å². The van der Waals surface area contributed by atoms with Gasteiger partial charge in [-0.05, 0) is 6.07 Å². The highest BCUT2D eigenvalue weighted by Crippen LogP contribution is 2.26. The molecule has 2 heterocycles. The second-order valence-corrected chi connectivity index (χ2v) is 5.18. The van der Waals surface area contributed by atoms with E-state index in [1.807, 2.05) is 0 Å². The Balaban J connectivity index is 2.39. The number of aliphatic carboxylic acids is 1. The minimum absolute atomic E-state index is 0.278. The Hall–Kier alpha value is -2.34. The number of carboxylic acids is 1. The molecule has 1 saturated heterocycles. The van der Waals surface area contributed by atoms with Crippen LogP contribution >= 0.6 is 11.8 Å². The normalized spacial score (nSPS) is 18.4. The van der Waals surface area contributed by atoms with Crippen molar-refractivity contribution in [2.75, 3.05) is 23.0 Å². The predicted molar refractivity (Wildman–Crippen MR) is 71.7 cm³/mol. The number of nitro groups is 1. The van der Waals surface area contributed by atoms with Crippen molar-refractivity contribution < 1.29 is 14.8 Å². The molecule has 104 valence electrons. The number of thioether (sulfide) groups is 1. The zero-order chi connectivity index (χ0) is 14.7. The smallest absolute Gasteiger partial charge is 0.327 e. The number of hydrogen-bond acceptors (Lipinski definition) is 7. The van der Waals surface area contributed by atoms with E-state index >= 15 is 0 Å². The summed E-state index contributed by atoms with van der Waals surface area (Å²) in [5, 5.41) is 28.8. The molecular formula is C11H10N4O4S. The van der Waals surface area contributed by atoms with Gasteiger partial charge in [0.1, 0.15) is 17.9 Å². The van der Waals surface area contributed by atoms with Gasteiger partial charge in [0.2, 0.25) is 5.69 Å². The number of nitrogens with zero attached hydrogens (tertiary/aromatic N) is 4. The minimum atomic E-state index is -0.976. The van der Waals surface area contributed by atoms with Gasteiger partial charge >= 0.3 is 11.7 Å². The molecule has 0 aromatic carbocycles. The molecule has 1 aliphatic rings. The molecule has 0 aliphatic carbocycles. The van der Waals surface area contributed by atoms with Gasteiger partial charge in [-0.15, -0.1) is 0 Å². The lowest BCUT2D eigenvalue weighted by molar-refractivity contribution is -0.385. The molecule has 1 fully saturated rings. The van der Waals surface area contributed by atoms with Crippen molar-refractivity contribution >= 4 is 29.2 Å². The fourth-order valence-electron chi connectivity index (χ4n) is 1.91. The summed E-state index contributed by atoms with van der Waals surface area (Å²) in [6.45, 7) is 0.470. The van der Waals surface area contributed by atoms with Gasteiger partial charge in [0.15, 0.2) is 0 Å². The Morgan fingerprint density at radius 2 is 2.40 bits per heavy atom. The summed E-state index contributed by atoms with van der Waals surface area (Å²) in [6, 6.07) is 3.49. The van der Waals surface area contributed by atoms with Gasteiger partial charge in [-0.2, -0.15) is 17.0 Å². The molecule has 1 N–H and O–H groups in total. The summed E-state index contributed by atoms with van der Waals surface area (Å²) in [5.74, 6) is 0.455. The van der Waals surface area contributed by atoms with Crippen LogP contribution in [0.5, 0.6) is 0 Å². The molecule has 0 bridgehead atoms. The number of rotatable bonds is 3. The summed E-state index contributed by atoms with van der Waals surface area (Å²) in [5.41, 5.74) is -0.690. The van der Waals surface area contributed by atoms with Crippen LogP contribution in [0.1, 0.15) is 5.69 Å². The van der Waals surface area contributed by atoms with Crippen molar-refractivity contribution in [1.82, 2.24) is 4.98 Å². The lowest BCUT2D eigenvalue weighted by Gasteiger charge is -2.33. The molecule has 20 heavy (non-hydrogen) atoms. The van der Waals surface area contributed by atoms with Crippen molar-refractivity contribution in [3.63, 3.8) is 0 Å². The maximum Gasteiger partial charge on any atom is 0.327 e. The second-order valence-electron chi connectivity index (χ2n) is 4.03. The van der Waals surface area contributed by atoms with Crippen LogP contribution in [-0.4, -0.2) is 45.1 Å². The number of carboxylic acid groups (broad SMARTS) is 1. The Kier molecular flexibility index (Phi) is 4.05. The van der Waals surface area contributed by atoms with E-state index in [1.54, 1.807) is 11.0 Å². The molecule has 8 nitrogen and oxygen atoms in total. The van der Waals surface area contributed by atoms with Gasteiger partial charge in [-0.1, -0.05) is 0 Å². The van der Waals surface area contributed by atoms with E-state index in [0.29, 0.717) is 12.3 Å². The maximum absolute atomic E-state index is 11.2. The van der Waals surface area contributed by atoms with E-state index < -0.39 is 16.9 Å². The number of pyridine rings is 1. The Morgan fingerprint density at radius 1 is 1.65 bits per heavy atom. The van der Waals surface area contributed by atoms with E-state index in [2.05, 4.69) is 4.98 Å². The Labute approximate surface area is 118 Å². The van der Waals surface area contributed by atoms with Crippen LogP contribution in [0.25, 0.3) is 0 Å². The third kappa shape index (κ3) is 2.65. The molecule has 1 aliphatic heterocycles. The van der Waals surface area contributed by atoms with Crippen molar-refractivity contribution in [3.05, 3.63) is 27.9 Å². The van der Waals surface area contributed by atoms with Crippen LogP contribution in [0, 0.1) is 21.4 Å². The third-order valence-corrected chi connectivity index (χ3v) is 3.89. The number of carbonyl (C=O) groups is 1.